The molecule has 2 saturated heterocycles. The quantitative estimate of drug-likeness (QED) is 0.128. The van der Waals surface area contributed by atoms with Crippen LogP contribution in [0, 0.1) is 20.8 Å². The zero-order valence-corrected chi connectivity index (χ0v) is 33.1. The minimum absolute atomic E-state index is 0.0126. The Balaban J connectivity index is 1.22. The number of fused-ring (bicyclic) bond motifs is 2. The summed E-state index contributed by atoms with van der Waals surface area (Å²) in [5.74, 6) is 0.816. The maximum atomic E-state index is 12.7. The van der Waals surface area contributed by atoms with E-state index in [-0.39, 0.29) is 30.3 Å². The molecule has 10 nitrogen and oxygen atoms in total. The van der Waals surface area contributed by atoms with Gasteiger partial charge in [-0.05, 0) is 89.7 Å². The van der Waals surface area contributed by atoms with E-state index in [4.69, 9.17) is 31.0 Å². The third kappa shape index (κ3) is 7.31. The summed E-state index contributed by atoms with van der Waals surface area (Å²) < 4.78 is 14.2. The molecule has 4 aromatic rings. The first kappa shape index (κ1) is 37.4. The van der Waals surface area contributed by atoms with Crippen LogP contribution in [0.5, 0.6) is 6.01 Å². The average Bonchev–Trinajstić information content (AvgIpc) is 3.66. The first-order valence-corrected chi connectivity index (χ1v) is 19.8. The Morgan fingerprint density at radius 3 is 2.72 bits per heavy atom. The number of hydrogen-bond acceptors (Lipinski definition) is 9. The molecule has 4 atom stereocenters. The number of benzene rings is 3. The Morgan fingerprint density at radius 1 is 1.15 bits per heavy atom. The van der Waals surface area contributed by atoms with Gasteiger partial charge in [-0.15, -0.1) is 0 Å². The van der Waals surface area contributed by atoms with Crippen LogP contribution in [0.2, 0.25) is 5.02 Å². The van der Waals surface area contributed by atoms with Crippen molar-refractivity contribution >= 4 is 62.4 Å². The maximum Gasteiger partial charge on any atom is 0.318 e. The lowest BCUT2D eigenvalue weighted by molar-refractivity contribution is -0.128. The third-order valence-electron chi connectivity index (χ3n) is 11.3. The molecular weight excluding hydrogens is 801 g/mol. The van der Waals surface area contributed by atoms with Gasteiger partial charge in [0.15, 0.2) is 0 Å². The number of nitrogens with zero attached hydrogens (tertiary/aromatic N) is 6. The van der Waals surface area contributed by atoms with Gasteiger partial charge in [-0.25, -0.2) is 0 Å². The molecular formula is C41H45ClIN7O3. The van der Waals surface area contributed by atoms with Gasteiger partial charge in [-0.2, -0.15) is 15.2 Å². The number of piperazine rings is 1. The maximum absolute atomic E-state index is 12.7. The van der Waals surface area contributed by atoms with E-state index in [0.29, 0.717) is 38.8 Å². The second-order valence-electron chi connectivity index (χ2n) is 14.0. The summed E-state index contributed by atoms with van der Waals surface area (Å²) in [6.45, 7) is 9.95. The van der Waals surface area contributed by atoms with E-state index in [0.717, 1.165) is 70.9 Å². The van der Waals surface area contributed by atoms with Crippen LogP contribution in [0.3, 0.4) is 0 Å². The van der Waals surface area contributed by atoms with Crippen LogP contribution in [-0.2, 0) is 28.1 Å². The van der Waals surface area contributed by atoms with Gasteiger partial charge in [0.25, 0.3) is 0 Å². The van der Waals surface area contributed by atoms with Crippen LogP contribution < -0.4 is 19.9 Å². The molecule has 7 rings (SSSR count). The Labute approximate surface area is 330 Å². The first-order chi connectivity index (χ1) is 25.8. The van der Waals surface area contributed by atoms with E-state index in [2.05, 4.69) is 106 Å². The van der Waals surface area contributed by atoms with Gasteiger partial charge in [-0.1, -0.05) is 61.5 Å². The van der Waals surface area contributed by atoms with Gasteiger partial charge >= 0.3 is 6.01 Å². The lowest BCUT2D eigenvalue weighted by Gasteiger charge is -2.42. The van der Waals surface area contributed by atoms with Crippen molar-refractivity contribution < 1.29 is 14.3 Å². The normalized spacial score (nSPS) is 21.2. The fourth-order valence-electron chi connectivity index (χ4n) is 8.71. The Kier molecular flexibility index (Phi) is 11.4. The number of carbonyl (C=O) groups is 1. The molecule has 276 valence electrons. The molecule has 1 amide bonds. The van der Waals surface area contributed by atoms with Crippen LogP contribution in [0.1, 0.15) is 43.0 Å². The van der Waals surface area contributed by atoms with Crippen molar-refractivity contribution in [1.82, 2.24) is 20.2 Å². The summed E-state index contributed by atoms with van der Waals surface area (Å²) in [4.78, 5) is 29.2. The Hall–Kier alpha value is -3.96. The molecule has 1 N–H and O–H groups in total. The number of ether oxygens (including phenoxy) is 2. The summed E-state index contributed by atoms with van der Waals surface area (Å²) in [6.07, 6.45) is 4.04. The minimum Gasteiger partial charge on any atom is -0.462 e. The molecule has 3 aliphatic rings. The number of nitriles is 1. The van der Waals surface area contributed by atoms with E-state index in [1.807, 2.05) is 19.2 Å². The average molecular weight is 846 g/mol. The van der Waals surface area contributed by atoms with E-state index in [9.17, 15) is 10.1 Å². The fraction of sp³-hybridized carbons (Fsp3) is 0.415. The molecule has 1 aromatic heterocycles. The predicted molar refractivity (Wildman–Crippen MR) is 217 cm³/mol. The summed E-state index contributed by atoms with van der Waals surface area (Å²) >= 11 is 9.15. The van der Waals surface area contributed by atoms with Crippen LogP contribution in [0.25, 0.3) is 10.8 Å². The summed E-state index contributed by atoms with van der Waals surface area (Å²) in [7, 11) is 1.81. The monoisotopic (exact) mass is 845 g/mol. The molecule has 3 unspecified atom stereocenters. The van der Waals surface area contributed by atoms with Gasteiger partial charge < -0.3 is 29.5 Å². The lowest BCUT2D eigenvalue weighted by Crippen LogP contribution is -2.55. The smallest absolute Gasteiger partial charge is 0.318 e. The first-order valence-electron chi connectivity index (χ1n) is 18.3. The highest BCUT2D eigenvalue weighted by atomic mass is 127. The molecule has 3 aliphatic heterocycles. The molecule has 4 heterocycles. The topological polar surface area (TPSA) is 107 Å². The van der Waals surface area contributed by atoms with Crippen molar-refractivity contribution in [2.75, 3.05) is 56.2 Å². The van der Waals surface area contributed by atoms with Crippen molar-refractivity contribution in [2.24, 2.45) is 5.92 Å². The van der Waals surface area contributed by atoms with Crippen LogP contribution >= 0.6 is 34.2 Å². The number of amides is 1. The lowest BCUT2D eigenvalue weighted by atomic mass is 9.75. The minimum atomic E-state index is -0.473. The Bertz CT molecular complexity index is 2030. The van der Waals surface area contributed by atoms with Crippen molar-refractivity contribution in [3.05, 3.63) is 98.7 Å². The summed E-state index contributed by atoms with van der Waals surface area (Å²) in [6, 6.07) is 23.2. The molecule has 0 saturated carbocycles. The van der Waals surface area contributed by atoms with E-state index in [1.165, 1.54) is 15.2 Å². The zero-order valence-electron chi connectivity index (χ0n) is 30.2. The highest BCUT2D eigenvalue weighted by molar-refractivity contribution is 14.1. The number of methoxy groups -OCH3 is 1. The molecule has 3 aromatic carbocycles. The highest BCUT2D eigenvalue weighted by Gasteiger charge is 2.46. The number of rotatable bonds is 11. The SMILES string of the molecule is C=CC(=O)N1CCN(c2nc(OCC3NCCC3C(CC)(OC)c3cccc(I)c3)nc3c2CCN(c2cccc4cccc(Cl)c24)C3)C[C@@H]1CC#N. The van der Waals surface area contributed by atoms with Gasteiger partial charge in [0.1, 0.15) is 12.4 Å². The van der Waals surface area contributed by atoms with Gasteiger partial charge in [0.05, 0.1) is 41.4 Å². The van der Waals surface area contributed by atoms with Crippen molar-refractivity contribution in [3.8, 4) is 12.1 Å². The Morgan fingerprint density at radius 2 is 1.96 bits per heavy atom. The van der Waals surface area contributed by atoms with Crippen LogP contribution in [-0.4, -0.2) is 79.3 Å². The molecule has 0 spiro atoms. The standard InChI is InChI=1S/C41H45ClIN7O3/c1-4-37(51)50-22-21-49(24-30(50)15-18-44)39-31-17-20-48(36-14-7-10-27-9-6-13-33(42)38(27)36)25-34(31)46-40(47-39)53-26-35-32(16-19-45-35)41(5-2,52-3)28-11-8-12-29(43)23-28/h4,6-14,23,30,32,35,45H,1,5,15-17,19-22,24-26H2,2-3H3/t30-,32?,35?,41?/m0/s1. The fourth-order valence-corrected chi connectivity index (χ4v) is 9.53. The van der Waals surface area contributed by atoms with Crippen LogP contribution in [0.4, 0.5) is 11.5 Å². The second kappa shape index (κ2) is 16.2. The van der Waals surface area contributed by atoms with Gasteiger partial charge in [-0.3, -0.25) is 4.79 Å². The van der Waals surface area contributed by atoms with Crippen molar-refractivity contribution in [2.45, 2.75) is 56.8 Å². The van der Waals surface area contributed by atoms with Crippen molar-refractivity contribution in [1.29, 1.82) is 5.26 Å². The van der Waals surface area contributed by atoms with E-state index in [1.54, 1.807) is 4.90 Å². The molecule has 2 fully saturated rings. The summed E-state index contributed by atoms with van der Waals surface area (Å²) in [5.41, 5.74) is 3.74. The molecule has 12 heteroatoms. The van der Waals surface area contributed by atoms with E-state index < -0.39 is 5.60 Å². The van der Waals surface area contributed by atoms with E-state index >= 15 is 0 Å². The largest absolute Gasteiger partial charge is 0.462 e. The molecule has 0 bridgehead atoms. The van der Waals surface area contributed by atoms with Crippen molar-refractivity contribution in [3.63, 3.8) is 0 Å². The number of carbonyl (C=O) groups excluding carboxylic acids is 1. The highest BCUT2D eigenvalue weighted by Crippen LogP contribution is 2.43. The number of nitrogens with one attached hydrogen (secondary N) is 1. The second-order valence-corrected chi connectivity index (χ2v) is 15.6. The van der Waals surface area contributed by atoms with Gasteiger partial charge in [0, 0.05) is 65.5 Å². The zero-order chi connectivity index (χ0) is 37.1. The number of halogens is 2. The molecule has 53 heavy (non-hydrogen) atoms. The van der Waals surface area contributed by atoms with Crippen LogP contribution in [0.15, 0.2) is 73.3 Å². The number of anilines is 2. The van der Waals surface area contributed by atoms with Gasteiger partial charge in [0.2, 0.25) is 5.91 Å². The number of hydrogen-bond donors (Lipinski definition) is 1. The number of aromatic nitrogens is 2. The molecule has 0 aliphatic carbocycles. The third-order valence-corrected chi connectivity index (χ3v) is 12.3. The predicted octanol–water partition coefficient (Wildman–Crippen LogP) is 6.88. The summed E-state index contributed by atoms with van der Waals surface area (Å²) in [5, 5.41) is 16.2. The molecule has 0 radical (unpaired) electrons.